The molecule has 2 aliphatic heterocycles. The fraction of sp³-hybridized carbons (Fsp3) is 1.00. The van der Waals surface area contributed by atoms with Crippen LogP contribution in [0.25, 0.3) is 0 Å². The summed E-state index contributed by atoms with van der Waals surface area (Å²) in [5, 5.41) is 1.98. The first-order valence-electron chi connectivity index (χ1n) is 4.12. The van der Waals surface area contributed by atoms with Gasteiger partial charge in [0.2, 0.25) is 0 Å². The van der Waals surface area contributed by atoms with Crippen LogP contribution in [0.15, 0.2) is 0 Å². The largest absolute Gasteiger partial charge is 0.269 e. The monoisotopic (exact) mass is 137 g/mol. The second-order valence-electron chi connectivity index (χ2n) is 3.77. The minimum atomic E-state index is 0.618. The molecule has 0 atom stereocenters. The van der Waals surface area contributed by atoms with Crippen LogP contribution in [-0.4, -0.2) is 25.4 Å². The topological polar surface area (TPSA) is 29.3 Å². The number of piperidine rings is 1. The van der Waals surface area contributed by atoms with Gasteiger partial charge in [-0.15, -0.1) is 0 Å². The number of nitrogens with zero attached hydrogens (tertiary/aromatic N) is 1. The molecule has 55 valence electrons. The maximum absolute atomic E-state index is 5.74. The smallest absolute Gasteiger partial charge is 0.110 e. The molecule has 0 saturated carbocycles. The van der Waals surface area contributed by atoms with Crippen LogP contribution < -0.4 is 5.84 Å². The summed E-state index contributed by atoms with van der Waals surface area (Å²) in [5.41, 5.74) is 0.618. The molecule has 2 saturated heterocycles. The second kappa shape index (κ2) is 2.24. The lowest BCUT2D eigenvalue weighted by molar-refractivity contribution is 0.106. The van der Waals surface area contributed by atoms with Gasteiger partial charge in [0, 0.05) is 13.1 Å². The van der Waals surface area contributed by atoms with Crippen molar-refractivity contribution in [2.24, 2.45) is 11.3 Å². The maximum atomic E-state index is 5.74. The number of rotatable bonds is 0. The molecule has 2 aliphatic rings. The average Bonchev–Trinajstić information content (AvgIpc) is 1.85. The minimum Gasteiger partial charge on any atom is -0.269 e. The summed E-state index contributed by atoms with van der Waals surface area (Å²) in [4.78, 5) is 0. The molecule has 1 spiro atoms. The average molecular weight is 137 g/mol. The normalized spacial score (nSPS) is 31.3. The van der Waals surface area contributed by atoms with Gasteiger partial charge in [0.05, 0.1) is 0 Å². The van der Waals surface area contributed by atoms with Gasteiger partial charge in [-0.05, 0) is 18.3 Å². The fourth-order valence-electron chi connectivity index (χ4n) is 2.13. The van der Waals surface area contributed by atoms with Crippen molar-refractivity contribution < 1.29 is 0 Å². The van der Waals surface area contributed by atoms with E-state index in [1.165, 1.54) is 25.5 Å². The van der Waals surface area contributed by atoms with Crippen molar-refractivity contribution in [2.45, 2.75) is 25.5 Å². The van der Waals surface area contributed by atoms with Crippen LogP contribution in [0.3, 0.4) is 0 Å². The van der Waals surface area contributed by atoms with Crippen LogP contribution in [0, 0.1) is 5.41 Å². The van der Waals surface area contributed by atoms with Crippen LogP contribution in [0.1, 0.15) is 12.8 Å². The molecule has 2 fully saturated rings. The molecule has 1 radical (unpaired) electrons. The molecule has 0 aromatic rings. The molecule has 0 bridgehead atoms. The third-order valence-corrected chi connectivity index (χ3v) is 2.85. The zero-order chi connectivity index (χ0) is 7.03. The lowest BCUT2D eigenvalue weighted by Gasteiger charge is -2.47. The van der Waals surface area contributed by atoms with Gasteiger partial charge < -0.3 is 0 Å². The van der Waals surface area contributed by atoms with E-state index in [0.717, 1.165) is 13.1 Å². The molecule has 2 nitrogen and oxygen atoms in total. The highest BCUT2D eigenvalue weighted by Gasteiger charge is 2.39. The molecule has 0 aliphatic carbocycles. The van der Waals surface area contributed by atoms with E-state index in [1.807, 2.05) is 5.01 Å². The standard InChI is InChI=1S/C7H14BN2/c9-10-3-1-2-7(6-10)4-8-5-7/h1-6,9H2. The fourth-order valence-corrected chi connectivity index (χ4v) is 2.13. The van der Waals surface area contributed by atoms with Gasteiger partial charge in [-0.3, -0.25) is 5.84 Å². The zero-order valence-electron chi connectivity index (χ0n) is 6.34. The molecule has 0 unspecified atom stereocenters. The van der Waals surface area contributed by atoms with Gasteiger partial charge in [0.15, 0.2) is 0 Å². The van der Waals surface area contributed by atoms with Gasteiger partial charge in [-0.25, -0.2) is 5.01 Å². The van der Waals surface area contributed by atoms with Crippen LogP contribution in [0.2, 0.25) is 12.6 Å². The van der Waals surface area contributed by atoms with Gasteiger partial charge in [-0.1, -0.05) is 12.6 Å². The molecule has 0 aromatic heterocycles. The summed E-state index contributed by atoms with van der Waals surface area (Å²) < 4.78 is 0. The highest BCUT2D eigenvalue weighted by atomic mass is 15.4. The summed E-state index contributed by atoms with van der Waals surface area (Å²) in [6, 6.07) is 0. The van der Waals surface area contributed by atoms with Crippen molar-refractivity contribution in [3.8, 4) is 0 Å². The Balaban J connectivity index is 1.96. The Bertz CT molecular complexity index is 134. The number of hydrogen-bond donors (Lipinski definition) is 1. The zero-order valence-corrected chi connectivity index (χ0v) is 6.34. The van der Waals surface area contributed by atoms with Gasteiger partial charge >= 0.3 is 0 Å². The highest BCUT2D eigenvalue weighted by Crippen LogP contribution is 2.43. The van der Waals surface area contributed by atoms with E-state index in [4.69, 9.17) is 5.84 Å². The summed E-state index contributed by atoms with van der Waals surface area (Å²) in [6.45, 7) is 2.23. The summed E-state index contributed by atoms with van der Waals surface area (Å²) >= 11 is 0. The second-order valence-corrected chi connectivity index (χ2v) is 3.77. The van der Waals surface area contributed by atoms with Crippen LogP contribution in [-0.2, 0) is 0 Å². The van der Waals surface area contributed by atoms with Crippen LogP contribution in [0.4, 0.5) is 0 Å². The van der Waals surface area contributed by atoms with Crippen molar-refractivity contribution in [3.05, 3.63) is 0 Å². The highest BCUT2D eigenvalue weighted by molar-refractivity contribution is 6.40. The summed E-state index contributed by atoms with van der Waals surface area (Å²) in [5.74, 6) is 5.74. The van der Waals surface area contributed by atoms with E-state index in [1.54, 1.807) is 0 Å². The summed E-state index contributed by atoms with van der Waals surface area (Å²) in [7, 11) is 2.37. The number of hydrazine groups is 1. The molecule has 3 heteroatoms. The lowest BCUT2D eigenvalue weighted by Crippen LogP contribution is -2.51. The quantitative estimate of drug-likeness (QED) is 0.389. The van der Waals surface area contributed by atoms with Crippen LogP contribution in [0.5, 0.6) is 0 Å². The Morgan fingerprint density at radius 3 is 2.60 bits per heavy atom. The molecule has 10 heavy (non-hydrogen) atoms. The predicted molar refractivity (Wildman–Crippen MR) is 42.8 cm³/mol. The molecule has 2 rings (SSSR count). The minimum absolute atomic E-state index is 0.618. The van der Waals surface area contributed by atoms with E-state index in [-0.39, 0.29) is 0 Å². The molecule has 0 aromatic carbocycles. The molecule has 0 amide bonds. The van der Waals surface area contributed by atoms with Crippen molar-refractivity contribution in [3.63, 3.8) is 0 Å². The third kappa shape index (κ3) is 0.975. The first-order chi connectivity index (χ1) is 4.81. The first kappa shape index (κ1) is 6.68. The molecular weight excluding hydrogens is 123 g/mol. The van der Waals surface area contributed by atoms with Crippen molar-refractivity contribution in [1.82, 2.24) is 5.01 Å². The Hall–Kier alpha value is -0.0151. The van der Waals surface area contributed by atoms with Gasteiger partial charge in [-0.2, -0.15) is 0 Å². The molecule has 2 heterocycles. The Morgan fingerprint density at radius 1 is 1.40 bits per heavy atom. The van der Waals surface area contributed by atoms with Crippen molar-refractivity contribution >= 4 is 7.28 Å². The Labute approximate surface area is 63.0 Å². The van der Waals surface area contributed by atoms with E-state index >= 15 is 0 Å². The molecule has 2 N–H and O–H groups in total. The maximum Gasteiger partial charge on any atom is 0.110 e. The number of hydrogen-bond acceptors (Lipinski definition) is 2. The lowest BCUT2D eigenvalue weighted by atomic mass is 9.41. The van der Waals surface area contributed by atoms with Gasteiger partial charge in [0.25, 0.3) is 0 Å². The van der Waals surface area contributed by atoms with Crippen LogP contribution >= 0.6 is 0 Å². The van der Waals surface area contributed by atoms with Gasteiger partial charge in [0.1, 0.15) is 7.28 Å². The van der Waals surface area contributed by atoms with E-state index in [0.29, 0.717) is 5.41 Å². The Morgan fingerprint density at radius 2 is 2.20 bits per heavy atom. The third-order valence-electron chi connectivity index (χ3n) is 2.85. The van der Waals surface area contributed by atoms with E-state index < -0.39 is 0 Å². The summed E-state index contributed by atoms with van der Waals surface area (Å²) in [6.07, 6.45) is 5.31. The van der Waals surface area contributed by atoms with Crippen molar-refractivity contribution in [1.29, 1.82) is 0 Å². The number of nitrogens with two attached hydrogens (primary N) is 1. The van der Waals surface area contributed by atoms with E-state index in [2.05, 4.69) is 7.28 Å². The molecular formula is C7H14BN2. The Kier molecular flexibility index (Phi) is 1.50. The first-order valence-corrected chi connectivity index (χ1v) is 4.12. The van der Waals surface area contributed by atoms with E-state index in [9.17, 15) is 0 Å². The van der Waals surface area contributed by atoms with Crippen molar-refractivity contribution in [2.75, 3.05) is 13.1 Å². The predicted octanol–water partition coefficient (Wildman–Crippen LogP) is 0.497. The SMILES string of the molecule is NN1CCCC2(C[B]C2)C1.